The topological polar surface area (TPSA) is 35.5 Å². The number of rotatable bonds is 16. The van der Waals surface area contributed by atoms with Crippen molar-refractivity contribution in [1.82, 2.24) is 0 Å². The molecular weight excluding hydrogens is 343 g/mol. The lowest BCUT2D eigenvalue weighted by atomic mass is 10.0. The average Bonchev–Trinajstić information content (AvgIpc) is 3.04. The van der Waals surface area contributed by atoms with E-state index < -0.39 is 7.60 Å². The molecule has 3 nitrogen and oxygen atoms in total. The fraction of sp³-hybridized carbons (Fsp3) is 0.818. The summed E-state index contributed by atoms with van der Waals surface area (Å²) in [4.78, 5) is 0. The number of unbranched alkanes of at least 4 members (excludes halogenated alkanes) is 8. The highest BCUT2D eigenvalue weighted by Crippen LogP contribution is 2.53. The predicted octanol–water partition coefficient (Wildman–Crippen LogP) is 7.68. The van der Waals surface area contributed by atoms with Gasteiger partial charge in [0.25, 0.3) is 0 Å². The number of hydrogen-bond acceptors (Lipinski definition) is 3. The van der Waals surface area contributed by atoms with E-state index in [1.54, 1.807) is 0 Å². The molecule has 0 aliphatic carbocycles. The lowest BCUT2D eigenvalue weighted by Gasteiger charge is -2.15. The first-order valence-corrected chi connectivity index (χ1v) is 12.6. The molecule has 0 aromatic heterocycles. The van der Waals surface area contributed by atoms with Crippen molar-refractivity contribution in [2.24, 2.45) is 5.92 Å². The minimum Gasteiger partial charge on any atom is -0.306 e. The monoisotopic (exact) mass is 384 g/mol. The third kappa shape index (κ3) is 12.9. The van der Waals surface area contributed by atoms with Gasteiger partial charge in [-0.3, -0.25) is 4.57 Å². The minimum absolute atomic E-state index is 0.428. The van der Waals surface area contributed by atoms with Crippen LogP contribution in [0, 0.1) is 5.92 Å². The van der Waals surface area contributed by atoms with E-state index in [1.165, 1.54) is 64.2 Å². The molecule has 4 heteroatoms. The molecule has 1 heterocycles. The second-order valence-electron chi connectivity index (χ2n) is 7.58. The second-order valence-corrected chi connectivity index (χ2v) is 9.69. The van der Waals surface area contributed by atoms with Crippen LogP contribution >= 0.6 is 7.60 Å². The maximum atomic E-state index is 12.1. The molecule has 0 aromatic rings. The maximum Gasteiger partial charge on any atom is 0.331 e. The zero-order valence-corrected chi connectivity index (χ0v) is 18.1. The fourth-order valence-electron chi connectivity index (χ4n) is 3.27. The molecule has 0 radical (unpaired) electrons. The Morgan fingerprint density at radius 2 is 1.42 bits per heavy atom. The molecule has 0 N–H and O–H groups in total. The average molecular weight is 385 g/mol. The van der Waals surface area contributed by atoms with E-state index in [1.807, 2.05) is 0 Å². The molecule has 0 amide bonds. The van der Waals surface area contributed by atoms with Crippen molar-refractivity contribution in [3.8, 4) is 0 Å². The largest absolute Gasteiger partial charge is 0.331 e. The SMILES string of the molecule is CCCCC/C=C\C/C=C\CCCCCCCC(C)CP1(=O)OCCO1. The van der Waals surface area contributed by atoms with Gasteiger partial charge in [-0.25, -0.2) is 0 Å². The van der Waals surface area contributed by atoms with Crippen molar-refractivity contribution >= 4 is 7.60 Å². The highest BCUT2D eigenvalue weighted by molar-refractivity contribution is 7.54. The quantitative estimate of drug-likeness (QED) is 0.155. The van der Waals surface area contributed by atoms with Gasteiger partial charge in [0.05, 0.1) is 19.4 Å². The molecule has 0 bridgehead atoms. The fourth-order valence-corrected chi connectivity index (χ4v) is 5.21. The molecule has 0 saturated carbocycles. The first kappa shape index (κ1) is 23.7. The van der Waals surface area contributed by atoms with Crippen molar-refractivity contribution in [1.29, 1.82) is 0 Å². The van der Waals surface area contributed by atoms with Gasteiger partial charge in [0.2, 0.25) is 0 Å². The van der Waals surface area contributed by atoms with Gasteiger partial charge >= 0.3 is 7.60 Å². The van der Waals surface area contributed by atoms with Crippen LogP contribution in [0.3, 0.4) is 0 Å². The number of allylic oxidation sites excluding steroid dienone is 4. The first-order valence-electron chi connectivity index (χ1n) is 10.8. The zero-order chi connectivity index (χ0) is 18.9. The molecule has 1 rings (SSSR count). The molecule has 1 aliphatic heterocycles. The van der Waals surface area contributed by atoms with E-state index in [9.17, 15) is 4.57 Å². The van der Waals surface area contributed by atoms with Crippen LogP contribution in [0.4, 0.5) is 0 Å². The van der Waals surface area contributed by atoms with E-state index in [2.05, 4.69) is 38.2 Å². The van der Waals surface area contributed by atoms with Gasteiger partial charge in [-0.05, 0) is 38.0 Å². The molecular formula is C22H41O3P. The Morgan fingerprint density at radius 1 is 0.846 bits per heavy atom. The molecule has 0 aromatic carbocycles. The van der Waals surface area contributed by atoms with Crippen LogP contribution in [0.25, 0.3) is 0 Å². The summed E-state index contributed by atoms with van der Waals surface area (Å²) in [6, 6.07) is 0. The van der Waals surface area contributed by atoms with Crippen molar-refractivity contribution in [3.05, 3.63) is 24.3 Å². The second kappa shape index (κ2) is 15.7. The van der Waals surface area contributed by atoms with Crippen LogP contribution in [-0.2, 0) is 13.6 Å². The smallest absolute Gasteiger partial charge is 0.306 e. The summed E-state index contributed by atoms with van der Waals surface area (Å²) in [5.74, 6) is 0.428. The maximum absolute atomic E-state index is 12.1. The summed E-state index contributed by atoms with van der Waals surface area (Å²) in [7, 11) is -2.73. The summed E-state index contributed by atoms with van der Waals surface area (Å²) in [6.07, 6.45) is 24.9. The van der Waals surface area contributed by atoms with Crippen molar-refractivity contribution in [3.63, 3.8) is 0 Å². The van der Waals surface area contributed by atoms with E-state index in [0.29, 0.717) is 25.3 Å². The van der Waals surface area contributed by atoms with Crippen molar-refractivity contribution in [2.75, 3.05) is 19.4 Å². The van der Waals surface area contributed by atoms with Crippen LogP contribution in [0.15, 0.2) is 24.3 Å². The normalized spacial score (nSPS) is 18.2. The molecule has 1 aliphatic rings. The van der Waals surface area contributed by atoms with Gasteiger partial charge in [0.1, 0.15) is 0 Å². The summed E-state index contributed by atoms with van der Waals surface area (Å²) in [5.41, 5.74) is 0. The third-order valence-corrected chi connectivity index (χ3v) is 7.06. The van der Waals surface area contributed by atoms with Gasteiger partial charge in [0, 0.05) is 0 Å². The van der Waals surface area contributed by atoms with Crippen LogP contribution < -0.4 is 0 Å². The Morgan fingerprint density at radius 3 is 2.08 bits per heavy atom. The Balaban J connectivity index is 1.85. The number of hydrogen-bond donors (Lipinski definition) is 0. The molecule has 0 spiro atoms. The first-order chi connectivity index (χ1) is 12.7. The highest BCUT2D eigenvalue weighted by atomic mass is 31.2. The van der Waals surface area contributed by atoms with E-state index >= 15 is 0 Å². The van der Waals surface area contributed by atoms with E-state index in [-0.39, 0.29) is 0 Å². The van der Waals surface area contributed by atoms with Gasteiger partial charge in [0.15, 0.2) is 0 Å². The minimum atomic E-state index is -2.73. The lowest BCUT2D eigenvalue weighted by molar-refractivity contribution is 0.341. The Labute approximate surface area is 162 Å². The molecule has 1 unspecified atom stereocenters. The zero-order valence-electron chi connectivity index (χ0n) is 17.2. The summed E-state index contributed by atoms with van der Waals surface area (Å²) < 4.78 is 22.7. The highest BCUT2D eigenvalue weighted by Gasteiger charge is 2.31. The Bertz CT molecular complexity index is 421. The van der Waals surface area contributed by atoms with Gasteiger partial charge in [-0.1, -0.05) is 83.1 Å². The molecule has 1 saturated heterocycles. The summed E-state index contributed by atoms with van der Waals surface area (Å²) in [5, 5.41) is 0. The van der Waals surface area contributed by atoms with E-state index in [0.717, 1.165) is 12.8 Å². The molecule has 1 fully saturated rings. The van der Waals surface area contributed by atoms with Crippen molar-refractivity contribution in [2.45, 2.75) is 90.9 Å². The Kier molecular flexibility index (Phi) is 14.3. The predicted molar refractivity (Wildman–Crippen MR) is 113 cm³/mol. The summed E-state index contributed by atoms with van der Waals surface area (Å²) in [6.45, 7) is 5.40. The van der Waals surface area contributed by atoms with Crippen LogP contribution in [0.1, 0.15) is 90.9 Å². The molecule has 26 heavy (non-hydrogen) atoms. The lowest BCUT2D eigenvalue weighted by Crippen LogP contribution is -2.03. The van der Waals surface area contributed by atoms with E-state index in [4.69, 9.17) is 9.05 Å². The Hall–Kier alpha value is -0.370. The van der Waals surface area contributed by atoms with Crippen molar-refractivity contribution < 1.29 is 13.6 Å². The van der Waals surface area contributed by atoms with Crippen LogP contribution in [0.2, 0.25) is 0 Å². The molecule has 1 atom stereocenters. The molecule has 152 valence electrons. The van der Waals surface area contributed by atoms with Gasteiger partial charge in [-0.2, -0.15) is 0 Å². The third-order valence-electron chi connectivity index (χ3n) is 4.84. The van der Waals surface area contributed by atoms with Crippen LogP contribution in [-0.4, -0.2) is 19.4 Å². The standard InChI is InChI=1S/C22H41O3P/c1-3-4-5-6-7-8-9-10-11-12-13-14-15-16-17-18-22(2)21-26(23)24-19-20-25-26/h7-8,10-11,22H,3-6,9,12-21H2,1-2H3/b8-7-,11-10-. The van der Waals surface area contributed by atoms with Crippen LogP contribution in [0.5, 0.6) is 0 Å². The van der Waals surface area contributed by atoms with Gasteiger partial charge in [-0.15, -0.1) is 0 Å². The summed E-state index contributed by atoms with van der Waals surface area (Å²) >= 11 is 0. The van der Waals surface area contributed by atoms with Gasteiger partial charge < -0.3 is 9.05 Å².